The molecule has 0 bridgehead atoms. The summed E-state index contributed by atoms with van der Waals surface area (Å²) in [5.41, 5.74) is 0. The third-order valence-corrected chi connectivity index (χ3v) is 3.12. The van der Waals surface area contributed by atoms with Crippen molar-refractivity contribution in [2.75, 3.05) is 13.1 Å². The molecule has 0 aliphatic carbocycles. The van der Waals surface area contributed by atoms with E-state index in [0.717, 1.165) is 6.54 Å². The molecular formula is C12H21N3. The molecule has 84 valence electrons. The first-order chi connectivity index (χ1) is 7.27. The largest absolute Gasteiger partial charge is 0.331 e. The average molecular weight is 207 g/mol. The number of piperidine rings is 1. The molecular weight excluding hydrogens is 186 g/mol. The molecule has 2 heterocycles. The van der Waals surface area contributed by atoms with E-state index in [-0.39, 0.29) is 0 Å². The molecule has 1 aromatic heterocycles. The molecule has 0 radical (unpaired) electrons. The van der Waals surface area contributed by atoms with Crippen molar-refractivity contribution in [2.24, 2.45) is 0 Å². The molecule has 0 unspecified atom stereocenters. The molecule has 0 amide bonds. The lowest BCUT2D eigenvalue weighted by Crippen LogP contribution is -2.30. The number of likely N-dealkylation sites (tertiary alicyclic amines) is 1. The highest BCUT2D eigenvalue weighted by Crippen LogP contribution is 2.14. The van der Waals surface area contributed by atoms with Crippen LogP contribution in [0.1, 0.15) is 45.0 Å². The van der Waals surface area contributed by atoms with Crippen LogP contribution in [-0.2, 0) is 6.54 Å². The Balaban J connectivity index is 1.99. The summed E-state index contributed by atoms with van der Waals surface area (Å²) < 4.78 is 2.27. The Kier molecular flexibility index (Phi) is 3.41. The molecule has 2 rings (SSSR count). The van der Waals surface area contributed by atoms with Crippen LogP contribution in [0, 0.1) is 0 Å². The molecule has 3 heteroatoms. The second-order valence-corrected chi connectivity index (χ2v) is 4.68. The summed E-state index contributed by atoms with van der Waals surface area (Å²) >= 11 is 0. The van der Waals surface area contributed by atoms with Crippen molar-refractivity contribution in [1.29, 1.82) is 0 Å². The van der Waals surface area contributed by atoms with Crippen molar-refractivity contribution < 1.29 is 0 Å². The fourth-order valence-electron chi connectivity index (χ4n) is 2.25. The summed E-state index contributed by atoms with van der Waals surface area (Å²) in [6.07, 6.45) is 8.10. The van der Waals surface area contributed by atoms with Gasteiger partial charge in [-0.05, 0) is 39.8 Å². The summed E-state index contributed by atoms with van der Waals surface area (Å²) in [5, 5.41) is 0. The first-order valence-electron chi connectivity index (χ1n) is 6.01. The fourth-order valence-corrected chi connectivity index (χ4v) is 2.25. The molecule has 1 fully saturated rings. The highest BCUT2D eigenvalue weighted by Gasteiger charge is 2.13. The van der Waals surface area contributed by atoms with Gasteiger partial charge >= 0.3 is 0 Å². The van der Waals surface area contributed by atoms with Crippen LogP contribution in [0.3, 0.4) is 0 Å². The van der Waals surface area contributed by atoms with Crippen LogP contribution >= 0.6 is 0 Å². The van der Waals surface area contributed by atoms with Gasteiger partial charge in [0.1, 0.15) is 5.82 Å². The Morgan fingerprint density at radius 2 is 2.00 bits per heavy atom. The SMILES string of the molecule is CC(C)n1ccnc1CN1CCCCC1. The molecule has 0 spiro atoms. The second kappa shape index (κ2) is 4.79. The molecule has 0 N–H and O–H groups in total. The van der Waals surface area contributed by atoms with Gasteiger partial charge in [0.2, 0.25) is 0 Å². The zero-order valence-electron chi connectivity index (χ0n) is 9.82. The van der Waals surface area contributed by atoms with Gasteiger partial charge in [0.15, 0.2) is 0 Å². The van der Waals surface area contributed by atoms with E-state index in [1.165, 1.54) is 38.2 Å². The van der Waals surface area contributed by atoms with Crippen molar-refractivity contribution in [3.8, 4) is 0 Å². The van der Waals surface area contributed by atoms with Crippen molar-refractivity contribution in [3.63, 3.8) is 0 Å². The summed E-state index contributed by atoms with van der Waals surface area (Å²) in [6, 6.07) is 0.521. The Labute approximate surface area is 92.1 Å². The van der Waals surface area contributed by atoms with Gasteiger partial charge in [-0.1, -0.05) is 6.42 Å². The van der Waals surface area contributed by atoms with Crippen molar-refractivity contribution in [1.82, 2.24) is 14.5 Å². The summed E-state index contributed by atoms with van der Waals surface area (Å²) in [6.45, 7) is 7.92. The first kappa shape index (κ1) is 10.7. The highest BCUT2D eigenvalue weighted by atomic mass is 15.2. The molecule has 3 nitrogen and oxygen atoms in total. The fraction of sp³-hybridized carbons (Fsp3) is 0.750. The van der Waals surface area contributed by atoms with Gasteiger partial charge in [0, 0.05) is 18.4 Å². The van der Waals surface area contributed by atoms with Crippen LogP contribution in [0.2, 0.25) is 0 Å². The van der Waals surface area contributed by atoms with Gasteiger partial charge in [-0.25, -0.2) is 4.98 Å². The molecule has 0 atom stereocenters. The third-order valence-electron chi connectivity index (χ3n) is 3.12. The topological polar surface area (TPSA) is 21.1 Å². The van der Waals surface area contributed by atoms with E-state index in [1.54, 1.807) is 0 Å². The minimum Gasteiger partial charge on any atom is -0.331 e. The predicted octanol–water partition coefficient (Wildman–Crippen LogP) is 2.45. The quantitative estimate of drug-likeness (QED) is 0.759. The summed E-state index contributed by atoms with van der Waals surface area (Å²) in [7, 11) is 0. The van der Waals surface area contributed by atoms with Crippen LogP contribution in [0.4, 0.5) is 0 Å². The molecule has 15 heavy (non-hydrogen) atoms. The van der Waals surface area contributed by atoms with E-state index in [9.17, 15) is 0 Å². The van der Waals surface area contributed by atoms with Crippen LogP contribution in [-0.4, -0.2) is 27.5 Å². The van der Waals surface area contributed by atoms with Crippen LogP contribution in [0.5, 0.6) is 0 Å². The molecule has 0 saturated carbocycles. The Bertz CT molecular complexity index is 298. The smallest absolute Gasteiger partial charge is 0.123 e. The lowest BCUT2D eigenvalue weighted by atomic mass is 10.1. The number of imidazole rings is 1. The Morgan fingerprint density at radius 1 is 1.27 bits per heavy atom. The van der Waals surface area contributed by atoms with Gasteiger partial charge in [0.25, 0.3) is 0 Å². The first-order valence-corrected chi connectivity index (χ1v) is 6.01. The van der Waals surface area contributed by atoms with Crippen LogP contribution < -0.4 is 0 Å². The average Bonchev–Trinajstić information content (AvgIpc) is 2.67. The third kappa shape index (κ3) is 2.59. The second-order valence-electron chi connectivity index (χ2n) is 4.68. The zero-order valence-corrected chi connectivity index (χ0v) is 9.82. The van der Waals surface area contributed by atoms with E-state index < -0.39 is 0 Å². The maximum atomic E-state index is 4.45. The maximum Gasteiger partial charge on any atom is 0.123 e. The highest BCUT2D eigenvalue weighted by molar-refractivity contribution is 4.94. The predicted molar refractivity (Wildman–Crippen MR) is 61.7 cm³/mol. The van der Waals surface area contributed by atoms with Gasteiger partial charge in [0.05, 0.1) is 6.54 Å². The Hall–Kier alpha value is -0.830. The maximum absolute atomic E-state index is 4.45. The van der Waals surface area contributed by atoms with Crippen LogP contribution in [0.25, 0.3) is 0 Å². The molecule has 0 aromatic carbocycles. The number of hydrogen-bond acceptors (Lipinski definition) is 2. The van der Waals surface area contributed by atoms with E-state index >= 15 is 0 Å². The standard InChI is InChI=1S/C12H21N3/c1-11(2)15-9-6-13-12(15)10-14-7-4-3-5-8-14/h6,9,11H,3-5,7-8,10H2,1-2H3. The van der Waals surface area contributed by atoms with Crippen molar-refractivity contribution in [3.05, 3.63) is 18.2 Å². The molecule has 1 aliphatic heterocycles. The zero-order chi connectivity index (χ0) is 10.7. The lowest BCUT2D eigenvalue weighted by Gasteiger charge is -2.26. The van der Waals surface area contributed by atoms with Crippen LogP contribution in [0.15, 0.2) is 12.4 Å². The van der Waals surface area contributed by atoms with E-state index in [1.807, 2.05) is 6.20 Å². The number of aromatic nitrogens is 2. The van der Waals surface area contributed by atoms with Crippen molar-refractivity contribution in [2.45, 2.75) is 45.7 Å². The summed E-state index contributed by atoms with van der Waals surface area (Å²) in [4.78, 5) is 6.97. The minimum atomic E-state index is 0.521. The lowest BCUT2D eigenvalue weighted by molar-refractivity contribution is 0.212. The van der Waals surface area contributed by atoms with E-state index in [4.69, 9.17) is 0 Å². The van der Waals surface area contributed by atoms with Crippen molar-refractivity contribution >= 4 is 0 Å². The van der Waals surface area contributed by atoms with E-state index in [0.29, 0.717) is 6.04 Å². The van der Waals surface area contributed by atoms with Gasteiger partial charge in [-0.3, -0.25) is 4.90 Å². The monoisotopic (exact) mass is 207 g/mol. The van der Waals surface area contributed by atoms with Gasteiger partial charge in [-0.15, -0.1) is 0 Å². The van der Waals surface area contributed by atoms with Gasteiger partial charge < -0.3 is 4.57 Å². The number of hydrogen-bond donors (Lipinski definition) is 0. The normalized spacial score (nSPS) is 18.6. The van der Waals surface area contributed by atoms with Gasteiger partial charge in [-0.2, -0.15) is 0 Å². The molecule has 1 aliphatic rings. The minimum absolute atomic E-state index is 0.521. The Morgan fingerprint density at radius 3 is 2.67 bits per heavy atom. The molecule has 1 saturated heterocycles. The number of rotatable bonds is 3. The molecule has 1 aromatic rings. The van der Waals surface area contributed by atoms with E-state index in [2.05, 4.69) is 34.5 Å². The number of nitrogens with zero attached hydrogens (tertiary/aromatic N) is 3. The summed E-state index contributed by atoms with van der Waals surface area (Å²) in [5.74, 6) is 1.21.